The van der Waals surface area contributed by atoms with Crippen molar-refractivity contribution in [1.29, 1.82) is 0 Å². The quantitative estimate of drug-likeness (QED) is 0.472. The molecule has 94 valence electrons. The molecule has 0 spiro atoms. The highest BCUT2D eigenvalue weighted by Gasteiger charge is 2.19. The van der Waals surface area contributed by atoms with E-state index in [2.05, 4.69) is 5.16 Å². The number of rotatable bonds is 5. The van der Waals surface area contributed by atoms with Crippen LogP contribution in [-0.4, -0.2) is 10.9 Å². The zero-order valence-electron chi connectivity index (χ0n) is 10.1. The van der Waals surface area contributed by atoms with Crippen molar-refractivity contribution in [2.24, 2.45) is 11.1 Å². The van der Waals surface area contributed by atoms with Crippen molar-refractivity contribution in [2.45, 2.75) is 33.1 Å². The summed E-state index contributed by atoms with van der Waals surface area (Å²) in [5.74, 6) is -1.33. The molecule has 0 heterocycles. The molecule has 0 amide bonds. The Morgan fingerprint density at radius 2 is 2.06 bits per heavy atom. The first-order valence-corrected chi connectivity index (χ1v) is 5.81. The van der Waals surface area contributed by atoms with Crippen molar-refractivity contribution >= 4 is 5.71 Å². The first-order valence-electron chi connectivity index (χ1n) is 5.81. The summed E-state index contributed by atoms with van der Waals surface area (Å²) >= 11 is 0. The van der Waals surface area contributed by atoms with Gasteiger partial charge in [-0.2, -0.15) is 0 Å². The predicted octanol–water partition coefficient (Wildman–Crippen LogP) is 3.97. The van der Waals surface area contributed by atoms with Crippen LogP contribution in [-0.2, 0) is 0 Å². The normalized spacial score (nSPS) is 13.8. The Hall–Kier alpha value is -1.45. The SMILES string of the molecule is CCCC(CC)/C(=N\O)c1ccc(F)cc1F. The molecule has 0 fully saturated rings. The van der Waals surface area contributed by atoms with Crippen LogP contribution in [0, 0.1) is 17.6 Å². The summed E-state index contributed by atoms with van der Waals surface area (Å²) in [6.07, 6.45) is 2.48. The molecule has 0 bridgehead atoms. The molecule has 1 aromatic rings. The van der Waals surface area contributed by atoms with Gasteiger partial charge in [0.1, 0.15) is 11.6 Å². The van der Waals surface area contributed by atoms with Gasteiger partial charge in [-0.05, 0) is 25.0 Å². The van der Waals surface area contributed by atoms with Crippen molar-refractivity contribution in [3.05, 3.63) is 35.4 Å². The van der Waals surface area contributed by atoms with Gasteiger partial charge in [-0.3, -0.25) is 0 Å². The molecule has 0 aliphatic carbocycles. The third-order valence-corrected chi connectivity index (χ3v) is 2.83. The van der Waals surface area contributed by atoms with Gasteiger partial charge in [0, 0.05) is 17.5 Å². The van der Waals surface area contributed by atoms with E-state index in [0.29, 0.717) is 5.71 Å². The van der Waals surface area contributed by atoms with Crippen LogP contribution in [0.5, 0.6) is 0 Å². The summed E-state index contributed by atoms with van der Waals surface area (Å²) in [5, 5.41) is 12.2. The first kappa shape index (κ1) is 13.6. The fraction of sp³-hybridized carbons (Fsp3) is 0.462. The molecule has 1 atom stereocenters. The molecule has 1 rings (SSSR count). The maximum atomic E-state index is 13.6. The minimum Gasteiger partial charge on any atom is -0.411 e. The molecule has 1 unspecified atom stereocenters. The van der Waals surface area contributed by atoms with Gasteiger partial charge in [-0.25, -0.2) is 8.78 Å². The fourth-order valence-electron chi connectivity index (χ4n) is 1.94. The maximum absolute atomic E-state index is 13.6. The molecule has 0 radical (unpaired) electrons. The average Bonchev–Trinajstić information content (AvgIpc) is 2.31. The molecule has 17 heavy (non-hydrogen) atoms. The highest BCUT2D eigenvalue weighted by molar-refractivity contribution is 6.02. The molecule has 0 aliphatic heterocycles. The van der Waals surface area contributed by atoms with Crippen molar-refractivity contribution < 1.29 is 14.0 Å². The van der Waals surface area contributed by atoms with E-state index in [1.807, 2.05) is 13.8 Å². The summed E-state index contributed by atoms with van der Waals surface area (Å²) in [5.41, 5.74) is 0.473. The van der Waals surface area contributed by atoms with Crippen LogP contribution in [0.15, 0.2) is 23.4 Å². The molecular weight excluding hydrogens is 224 g/mol. The first-order chi connectivity index (χ1) is 8.13. The zero-order chi connectivity index (χ0) is 12.8. The second-order valence-corrected chi connectivity index (χ2v) is 4.00. The lowest BCUT2D eigenvalue weighted by Crippen LogP contribution is -2.17. The van der Waals surface area contributed by atoms with Crippen LogP contribution in [0.4, 0.5) is 8.78 Å². The van der Waals surface area contributed by atoms with Crippen LogP contribution in [0.3, 0.4) is 0 Å². The monoisotopic (exact) mass is 241 g/mol. The molecule has 0 aliphatic rings. The Labute approximate surface area is 100.0 Å². The number of halogens is 2. The van der Waals surface area contributed by atoms with Crippen molar-refractivity contribution in [3.63, 3.8) is 0 Å². The van der Waals surface area contributed by atoms with Crippen molar-refractivity contribution in [2.75, 3.05) is 0 Å². The van der Waals surface area contributed by atoms with E-state index >= 15 is 0 Å². The van der Waals surface area contributed by atoms with Crippen LogP contribution >= 0.6 is 0 Å². The average molecular weight is 241 g/mol. The number of nitrogens with zero attached hydrogens (tertiary/aromatic N) is 1. The topological polar surface area (TPSA) is 32.6 Å². The van der Waals surface area contributed by atoms with Gasteiger partial charge < -0.3 is 5.21 Å². The van der Waals surface area contributed by atoms with Gasteiger partial charge in [-0.1, -0.05) is 25.4 Å². The minimum absolute atomic E-state index is 0.00930. The number of benzene rings is 1. The van der Waals surface area contributed by atoms with E-state index in [4.69, 9.17) is 5.21 Å². The van der Waals surface area contributed by atoms with E-state index in [1.54, 1.807) is 0 Å². The van der Waals surface area contributed by atoms with Gasteiger partial charge >= 0.3 is 0 Å². The molecule has 2 nitrogen and oxygen atoms in total. The van der Waals surface area contributed by atoms with E-state index in [-0.39, 0.29) is 11.5 Å². The predicted molar refractivity (Wildman–Crippen MR) is 63.4 cm³/mol. The van der Waals surface area contributed by atoms with E-state index in [0.717, 1.165) is 25.3 Å². The zero-order valence-corrected chi connectivity index (χ0v) is 10.1. The van der Waals surface area contributed by atoms with Gasteiger partial charge in [0.2, 0.25) is 0 Å². The molecule has 0 saturated heterocycles. The van der Waals surface area contributed by atoms with Crippen LogP contribution < -0.4 is 0 Å². The molecule has 4 heteroatoms. The van der Waals surface area contributed by atoms with Gasteiger partial charge in [-0.15, -0.1) is 0 Å². The van der Waals surface area contributed by atoms with Gasteiger partial charge in [0.25, 0.3) is 0 Å². The Morgan fingerprint density at radius 1 is 1.35 bits per heavy atom. The second kappa shape index (κ2) is 6.33. The second-order valence-electron chi connectivity index (χ2n) is 4.00. The van der Waals surface area contributed by atoms with E-state index < -0.39 is 11.6 Å². The lowest BCUT2D eigenvalue weighted by molar-refractivity contribution is 0.313. The molecule has 1 aromatic carbocycles. The Balaban J connectivity index is 3.09. The highest BCUT2D eigenvalue weighted by atomic mass is 19.1. The van der Waals surface area contributed by atoms with E-state index in [1.165, 1.54) is 12.1 Å². The van der Waals surface area contributed by atoms with Gasteiger partial charge in [0.15, 0.2) is 0 Å². The van der Waals surface area contributed by atoms with Crippen LogP contribution in [0.25, 0.3) is 0 Å². The summed E-state index contributed by atoms with van der Waals surface area (Å²) in [6.45, 7) is 3.96. The Bertz CT molecular complexity index is 404. The van der Waals surface area contributed by atoms with E-state index in [9.17, 15) is 8.78 Å². The summed E-state index contributed by atoms with van der Waals surface area (Å²) in [6, 6.07) is 3.29. The Kier molecular flexibility index (Phi) is 5.07. The smallest absolute Gasteiger partial charge is 0.135 e. The molecular formula is C13H17F2NO. The van der Waals surface area contributed by atoms with Crippen molar-refractivity contribution in [3.8, 4) is 0 Å². The molecule has 0 saturated carbocycles. The number of hydrogen-bond donors (Lipinski definition) is 1. The summed E-state index contributed by atoms with van der Waals surface area (Å²) in [4.78, 5) is 0. The standard InChI is InChI=1S/C13H17F2NO/c1-3-5-9(4-2)13(16-17)11-7-6-10(14)8-12(11)15/h6-9,17H,3-5H2,1-2H3/b16-13+. The molecule has 0 aromatic heterocycles. The van der Waals surface area contributed by atoms with Crippen molar-refractivity contribution in [1.82, 2.24) is 0 Å². The highest BCUT2D eigenvalue weighted by Crippen LogP contribution is 2.21. The number of hydrogen-bond acceptors (Lipinski definition) is 2. The van der Waals surface area contributed by atoms with Gasteiger partial charge in [0.05, 0.1) is 5.71 Å². The summed E-state index contributed by atoms with van der Waals surface area (Å²) < 4.78 is 26.4. The third kappa shape index (κ3) is 3.25. The lowest BCUT2D eigenvalue weighted by atomic mass is 9.90. The third-order valence-electron chi connectivity index (χ3n) is 2.83. The maximum Gasteiger partial charge on any atom is 0.135 e. The van der Waals surface area contributed by atoms with Crippen LogP contribution in [0.1, 0.15) is 38.7 Å². The number of oxime groups is 1. The summed E-state index contributed by atoms with van der Waals surface area (Å²) in [7, 11) is 0. The fourth-order valence-corrected chi connectivity index (χ4v) is 1.94. The minimum atomic E-state index is -0.688. The Morgan fingerprint density at radius 3 is 2.53 bits per heavy atom. The largest absolute Gasteiger partial charge is 0.411 e. The van der Waals surface area contributed by atoms with Crippen LogP contribution in [0.2, 0.25) is 0 Å². The lowest BCUT2D eigenvalue weighted by Gasteiger charge is -2.16. The molecule has 1 N–H and O–H groups in total.